The third-order valence-corrected chi connectivity index (χ3v) is 4.23. The number of aliphatic carboxylic acids is 2. The van der Waals surface area contributed by atoms with E-state index in [0.29, 0.717) is 0 Å². The molecule has 1 heterocycles. The smallest absolute Gasteiger partial charge is 0.414 e. The standard InChI is InChI=1S/C18H22N2O.C2H2O4/c1-21-18-10-6-5-9-17(18)20-13-11-19(12-14-20)15-16-7-3-2-4-8-16;3-1(4)2(5)6/h2-10H,11-15H2,1H3;(H,3,4)(H,5,6). The van der Waals surface area contributed by atoms with Crippen molar-refractivity contribution in [2.24, 2.45) is 0 Å². The summed E-state index contributed by atoms with van der Waals surface area (Å²) in [5, 5.41) is 14.8. The Kier molecular flexibility index (Phi) is 7.63. The van der Waals surface area contributed by atoms with Crippen LogP contribution >= 0.6 is 0 Å². The second kappa shape index (κ2) is 10.2. The number of carbonyl (C=O) groups is 2. The molecule has 0 amide bonds. The number of benzene rings is 2. The van der Waals surface area contributed by atoms with Crippen molar-refractivity contribution in [3.8, 4) is 5.75 Å². The predicted octanol–water partition coefficient (Wildman–Crippen LogP) is 2.17. The van der Waals surface area contributed by atoms with Crippen LogP contribution in [0.3, 0.4) is 0 Å². The maximum Gasteiger partial charge on any atom is 0.414 e. The average molecular weight is 372 g/mol. The van der Waals surface area contributed by atoms with Crippen LogP contribution in [-0.2, 0) is 16.1 Å². The fourth-order valence-corrected chi connectivity index (χ4v) is 2.88. The van der Waals surface area contributed by atoms with E-state index in [1.54, 1.807) is 7.11 Å². The van der Waals surface area contributed by atoms with Crippen LogP contribution in [0.2, 0.25) is 0 Å². The number of anilines is 1. The van der Waals surface area contributed by atoms with Gasteiger partial charge in [0.2, 0.25) is 0 Å². The van der Waals surface area contributed by atoms with Gasteiger partial charge in [0.1, 0.15) is 5.75 Å². The summed E-state index contributed by atoms with van der Waals surface area (Å²) in [6, 6.07) is 19.0. The third-order valence-electron chi connectivity index (χ3n) is 4.23. The maximum atomic E-state index is 9.10. The van der Waals surface area contributed by atoms with Gasteiger partial charge in [-0.25, -0.2) is 9.59 Å². The number of carboxylic acids is 2. The molecule has 7 nitrogen and oxygen atoms in total. The Morgan fingerprint density at radius 3 is 2.00 bits per heavy atom. The normalized spacial score (nSPS) is 14.0. The Bertz CT molecular complexity index is 731. The molecule has 2 aromatic rings. The van der Waals surface area contributed by atoms with Crippen LogP contribution in [0.25, 0.3) is 0 Å². The van der Waals surface area contributed by atoms with E-state index in [-0.39, 0.29) is 0 Å². The second-order valence-corrected chi connectivity index (χ2v) is 6.03. The van der Waals surface area contributed by atoms with Crippen LogP contribution in [0.1, 0.15) is 5.56 Å². The van der Waals surface area contributed by atoms with Crippen LogP contribution in [0.15, 0.2) is 54.6 Å². The van der Waals surface area contributed by atoms with Gasteiger partial charge in [0.15, 0.2) is 0 Å². The van der Waals surface area contributed by atoms with Crippen molar-refractivity contribution < 1.29 is 24.5 Å². The van der Waals surface area contributed by atoms with Gasteiger partial charge >= 0.3 is 11.9 Å². The molecule has 1 aliphatic heterocycles. The molecule has 1 saturated heterocycles. The fourth-order valence-electron chi connectivity index (χ4n) is 2.88. The Balaban J connectivity index is 0.000000380. The van der Waals surface area contributed by atoms with Gasteiger partial charge < -0.3 is 19.8 Å². The SMILES string of the molecule is COc1ccccc1N1CCN(Cc2ccccc2)CC1.O=C(O)C(=O)O. The van der Waals surface area contributed by atoms with E-state index in [1.807, 2.05) is 12.1 Å². The molecule has 0 bridgehead atoms. The first-order chi connectivity index (χ1) is 13.0. The number of ether oxygens (including phenoxy) is 1. The molecular formula is C20H24N2O5. The molecule has 2 N–H and O–H groups in total. The molecule has 144 valence electrons. The zero-order valence-electron chi connectivity index (χ0n) is 15.2. The van der Waals surface area contributed by atoms with E-state index in [9.17, 15) is 0 Å². The number of nitrogens with zero attached hydrogens (tertiary/aromatic N) is 2. The summed E-state index contributed by atoms with van der Waals surface area (Å²) in [7, 11) is 1.74. The minimum atomic E-state index is -1.82. The lowest BCUT2D eigenvalue weighted by Gasteiger charge is -2.36. The first-order valence-electron chi connectivity index (χ1n) is 8.61. The van der Waals surface area contributed by atoms with Gasteiger partial charge in [0.05, 0.1) is 12.8 Å². The Hall–Kier alpha value is -3.06. The minimum Gasteiger partial charge on any atom is -0.495 e. The molecular weight excluding hydrogens is 348 g/mol. The van der Waals surface area contributed by atoms with E-state index in [0.717, 1.165) is 38.5 Å². The molecule has 0 saturated carbocycles. The number of carboxylic acid groups (broad SMARTS) is 2. The summed E-state index contributed by atoms with van der Waals surface area (Å²) in [5.41, 5.74) is 2.60. The summed E-state index contributed by atoms with van der Waals surface area (Å²) in [5.74, 6) is -2.68. The minimum absolute atomic E-state index is 0.967. The van der Waals surface area contributed by atoms with E-state index < -0.39 is 11.9 Å². The van der Waals surface area contributed by atoms with Crippen LogP contribution in [0, 0.1) is 0 Å². The lowest BCUT2D eigenvalue weighted by atomic mass is 10.2. The van der Waals surface area contributed by atoms with Crippen molar-refractivity contribution in [2.75, 3.05) is 38.2 Å². The van der Waals surface area contributed by atoms with E-state index >= 15 is 0 Å². The number of piperazine rings is 1. The van der Waals surface area contributed by atoms with E-state index in [4.69, 9.17) is 24.5 Å². The summed E-state index contributed by atoms with van der Waals surface area (Å²) >= 11 is 0. The quantitative estimate of drug-likeness (QED) is 0.795. The zero-order valence-corrected chi connectivity index (χ0v) is 15.2. The average Bonchev–Trinajstić information content (AvgIpc) is 2.70. The largest absolute Gasteiger partial charge is 0.495 e. The highest BCUT2D eigenvalue weighted by Gasteiger charge is 2.19. The molecule has 7 heteroatoms. The fraction of sp³-hybridized carbons (Fsp3) is 0.300. The number of hydrogen-bond donors (Lipinski definition) is 2. The lowest BCUT2D eigenvalue weighted by molar-refractivity contribution is -0.159. The monoisotopic (exact) mass is 372 g/mol. The molecule has 3 rings (SSSR count). The Morgan fingerprint density at radius 1 is 0.889 bits per heavy atom. The molecule has 1 aliphatic rings. The van der Waals surface area contributed by atoms with Crippen LogP contribution in [0.5, 0.6) is 5.75 Å². The molecule has 1 fully saturated rings. The molecule has 27 heavy (non-hydrogen) atoms. The lowest BCUT2D eigenvalue weighted by Crippen LogP contribution is -2.46. The first-order valence-corrected chi connectivity index (χ1v) is 8.61. The van der Waals surface area contributed by atoms with Gasteiger partial charge in [-0.3, -0.25) is 4.90 Å². The van der Waals surface area contributed by atoms with Gasteiger partial charge in [-0.2, -0.15) is 0 Å². The van der Waals surface area contributed by atoms with Gasteiger partial charge in [-0.1, -0.05) is 42.5 Å². The molecule has 0 spiro atoms. The van der Waals surface area contributed by atoms with E-state index in [2.05, 4.69) is 52.3 Å². The van der Waals surface area contributed by atoms with Gasteiger partial charge in [-0.05, 0) is 17.7 Å². The molecule has 0 unspecified atom stereocenters. The van der Waals surface area contributed by atoms with E-state index in [1.165, 1.54) is 11.3 Å². The molecule has 0 atom stereocenters. The summed E-state index contributed by atoms with van der Waals surface area (Å²) in [6.07, 6.45) is 0. The maximum absolute atomic E-state index is 9.10. The highest BCUT2D eigenvalue weighted by atomic mass is 16.5. The predicted molar refractivity (Wildman–Crippen MR) is 102 cm³/mol. The third kappa shape index (κ3) is 6.31. The van der Waals surface area contributed by atoms with Crippen LogP contribution < -0.4 is 9.64 Å². The van der Waals surface area contributed by atoms with Gasteiger partial charge in [0, 0.05) is 32.7 Å². The van der Waals surface area contributed by atoms with Crippen molar-refractivity contribution in [3.63, 3.8) is 0 Å². The van der Waals surface area contributed by atoms with Crippen molar-refractivity contribution in [3.05, 3.63) is 60.2 Å². The zero-order chi connectivity index (χ0) is 19.6. The highest BCUT2D eigenvalue weighted by Crippen LogP contribution is 2.28. The van der Waals surface area contributed by atoms with Crippen LogP contribution in [-0.4, -0.2) is 60.3 Å². The first kappa shape index (κ1) is 20.3. The van der Waals surface area contributed by atoms with Gasteiger partial charge in [0.25, 0.3) is 0 Å². The summed E-state index contributed by atoms with van der Waals surface area (Å²) in [6.45, 7) is 5.32. The number of methoxy groups -OCH3 is 1. The number of hydrogen-bond acceptors (Lipinski definition) is 5. The van der Waals surface area contributed by atoms with Crippen molar-refractivity contribution in [1.82, 2.24) is 4.90 Å². The van der Waals surface area contributed by atoms with Crippen molar-refractivity contribution in [2.45, 2.75) is 6.54 Å². The number of rotatable bonds is 4. The molecule has 0 radical (unpaired) electrons. The summed E-state index contributed by atoms with van der Waals surface area (Å²) in [4.78, 5) is 23.1. The Labute approximate surface area is 158 Å². The van der Waals surface area contributed by atoms with Crippen molar-refractivity contribution in [1.29, 1.82) is 0 Å². The second-order valence-electron chi connectivity index (χ2n) is 6.03. The highest BCUT2D eigenvalue weighted by molar-refractivity contribution is 6.27. The molecule has 2 aromatic carbocycles. The van der Waals surface area contributed by atoms with Crippen LogP contribution in [0.4, 0.5) is 5.69 Å². The molecule has 0 aromatic heterocycles. The van der Waals surface area contributed by atoms with Crippen molar-refractivity contribution >= 4 is 17.6 Å². The number of para-hydroxylation sites is 2. The molecule has 0 aliphatic carbocycles. The summed E-state index contributed by atoms with van der Waals surface area (Å²) < 4.78 is 5.47. The Morgan fingerprint density at radius 2 is 1.44 bits per heavy atom. The topological polar surface area (TPSA) is 90.3 Å². The van der Waals surface area contributed by atoms with Gasteiger partial charge in [-0.15, -0.1) is 0 Å².